The van der Waals surface area contributed by atoms with E-state index in [0.717, 1.165) is 92.5 Å². The molecule has 2 saturated heterocycles. The number of amides is 2. The number of piperidine rings is 1. The van der Waals surface area contributed by atoms with Crippen LogP contribution in [0.15, 0.2) is 66.7 Å². The summed E-state index contributed by atoms with van der Waals surface area (Å²) < 4.78 is 2.09. The summed E-state index contributed by atoms with van der Waals surface area (Å²) in [6.07, 6.45) is 1.96. The molecule has 1 aromatic heterocycles. The van der Waals surface area contributed by atoms with Gasteiger partial charge in [0.15, 0.2) is 0 Å². The lowest BCUT2D eigenvalue weighted by molar-refractivity contribution is -0.120. The first-order valence-corrected chi connectivity index (χ1v) is 16.7. The second-order valence-electron chi connectivity index (χ2n) is 13.6. The van der Waals surface area contributed by atoms with Gasteiger partial charge < -0.3 is 24.6 Å². The van der Waals surface area contributed by atoms with Gasteiger partial charge >= 0.3 is 0 Å². The van der Waals surface area contributed by atoms with E-state index < -0.39 is 6.04 Å². The zero-order valence-electron chi connectivity index (χ0n) is 27.4. The Bertz CT molecular complexity index is 1730. The molecule has 9 heteroatoms. The van der Waals surface area contributed by atoms with E-state index in [0.29, 0.717) is 5.56 Å². The van der Waals surface area contributed by atoms with Crippen molar-refractivity contribution in [1.82, 2.24) is 24.3 Å². The molecule has 0 saturated carbocycles. The number of fused-ring (bicyclic) bond motifs is 5. The number of hydrogen-bond acceptors (Lipinski definition) is 6. The van der Waals surface area contributed by atoms with Crippen LogP contribution in [-0.4, -0.2) is 95.5 Å². The number of rotatable bonds is 6. The summed E-state index contributed by atoms with van der Waals surface area (Å²) in [6.45, 7) is 10.9. The number of nitrogens with one attached hydrogen (secondary N) is 1. The van der Waals surface area contributed by atoms with Crippen LogP contribution in [0.2, 0.25) is 0 Å². The topological polar surface area (TPSA) is 76.9 Å². The molecule has 3 aliphatic rings. The van der Waals surface area contributed by atoms with Crippen molar-refractivity contribution in [2.75, 3.05) is 63.6 Å². The Hall–Kier alpha value is -4.21. The molecule has 0 aliphatic carbocycles. The lowest BCUT2D eigenvalue weighted by Gasteiger charge is -2.36. The van der Waals surface area contributed by atoms with Crippen LogP contribution in [0.25, 0.3) is 22.4 Å². The Morgan fingerprint density at radius 2 is 1.70 bits per heavy atom. The third-order valence-electron chi connectivity index (χ3n) is 10.2. The molecular weight excluding hydrogens is 574 g/mol. The van der Waals surface area contributed by atoms with Crippen LogP contribution in [-0.2, 0) is 11.3 Å². The molecule has 0 radical (unpaired) electrons. The average molecular weight is 620 g/mol. The van der Waals surface area contributed by atoms with E-state index in [1.54, 1.807) is 0 Å². The molecule has 0 spiro atoms. The highest BCUT2D eigenvalue weighted by atomic mass is 16.2. The Morgan fingerprint density at radius 3 is 2.41 bits per heavy atom. The number of anilines is 2. The van der Waals surface area contributed by atoms with E-state index in [2.05, 4.69) is 87.9 Å². The van der Waals surface area contributed by atoms with Gasteiger partial charge in [-0.25, -0.2) is 4.98 Å². The molecule has 4 heterocycles. The molecule has 46 heavy (non-hydrogen) atoms. The minimum atomic E-state index is -0.430. The van der Waals surface area contributed by atoms with Crippen LogP contribution < -0.4 is 10.2 Å². The van der Waals surface area contributed by atoms with Crippen molar-refractivity contribution in [3.63, 3.8) is 0 Å². The fourth-order valence-electron chi connectivity index (χ4n) is 7.41. The summed E-state index contributed by atoms with van der Waals surface area (Å²) in [7, 11) is 4.05. The second-order valence-corrected chi connectivity index (χ2v) is 13.6. The van der Waals surface area contributed by atoms with E-state index in [1.165, 1.54) is 5.56 Å². The van der Waals surface area contributed by atoms with Gasteiger partial charge in [0.05, 0.1) is 16.7 Å². The quantitative estimate of drug-likeness (QED) is 0.314. The monoisotopic (exact) mass is 619 g/mol. The lowest BCUT2D eigenvalue weighted by atomic mass is 10.0. The number of carbonyl (C=O) groups is 2. The number of benzene rings is 3. The van der Waals surface area contributed by atoms with Gasteiger partial charge in [0.25, 0.3) is 5.91 Å². The predicted molar refractivity (Wildman–Crippen MR) is 184 cm³/mol. The molecule has 1 N–H and O–H groups in total. The molecule has 3 aromatic carbocycles. The number of piperazine rings is 1. The average Bonchev–Trinajstić information content (AvgIpc) is 3.37. The van der Waals surface area contributed by atoms with Crippen molar-refractivity contribution < 1.29 is 9.59 Å². The van der Waals surface area contributed by atoms with E-state index in [-0.39, 0.29) is 23.8 Å². The van der Waals surface area contributed by atoms with E-state index in [1.807, 2.05) is 36.2 Å². The van der Waals surface area contributed by atoms with Gasteiger partial charge in [0, 0.05) is 62.6 Å². The van der Waals surface area contributed by atoms with Gasteiger partial charge in [-0.05, 0) is 80.9 Å². The van der Waals surface area contributed by atoms with Crippen LogP contribution in [0, 0.1) is 5.92 Å². The van der Waals surface area contributed by atoms with E-state index in [4.69, 9.17) is 4.98 Å². The van der Waals surface area contributed by atoms with Crippen molar-refractivity contribution in [3.8, 4) is 11.4 Å². The number of aromatic nitrogens is 2. The van der Waals surface area contributed by atoms with Crippen molar-refractivity contribution in [3.05, 3.63) is 77.9 Å². The summed E-state index contributed by atoms with van der Waals surface area (Å²) in [5.74, 6) is 0.782. The van der Waals surface area contributed by atoms with Gasteiger partial charge in [0.1, 0.15) is 11.9 Å². The molecule has 4 aromatic rings. The van der Waals surface area contributed by atoms with Gasteiger partial charge in [0.2, 0.25) is 5.91 Å². The predicted octanol–water partition coefficient (Wildman–Crippen LogP) is 5.34. The fourth-order valence-corrected chi connectivity index (χ4v) is 7.41. The molecular formula is C37H45N7O2. The largest absolute Gasteiger partial charge is 0.369 e. The summed E-state index contributed by atoms with van der Waals surface area (Å²) in [5.41, 5.74) is 6.40. The Balaban J connectivity index is 1.20. The number of hydrogen-bond donors (Lipinski definition) is 1. The molecule has 0 bridgehead atoms. The van der Waals surface area contributed by atoms with Gasteiger partial charge in [-0.1, -0.05) is 44.2 Å². The maximum absolute atomic E-state index is 13.7. The molecule has 3 aliphatic heterocycles. The van der Waals surface area contributed by atoms with Crippen LogP contribution >= 0.6 is 0 Å². The fraction of sp³-hybridized carbons (Fsp3) is 0.432. The molecule has 1 unspecified atom stereocenters. The first-order chi connectivity index (χ1) is 22.3. The molecule has 7 rings (SSSR count). The number of carbonyl (C=O) groups excluding carboxylic acids is 2. The number of imidazole rings is 1. The third kappa shape index (κ3) is 5.78. The molecule has 240 valence electrons. The summed E-state index contributed by atoms with van der Waals surface area (Å²) >= 11 is 0. The van der Waals surface area contributed by atoms with Gasteiger partial charge in [-0.15, -0.1) is 0 Å². The number of likely N-dealkylation sites (tertiary alicyclic amines) is 1. The lowest BCUT2D eigenvalue weighted by Crippen LogP contribution is -2.45. The summed E-state index contributed by atoms with van der Waals surface area (Å²) in [5, 5.41) is 3.21. The summed E-state index contributed by atoms with van der Waals surface area (Å²) in [6, 6.07) is 22.6. The third-order valence-corrected chi connectivity index (χ3v) is 10.2. The van der Waals surface area contributed by atoms with E-state index in [9.17, 15) is 9.59 Å². The summed E-state index contributed by atoms with van der Waals surface area (Å²) in [4.78, 5) is 41.7. The zero-order chi connectivity index (χ0) is 31.9. The molecule has 1 atom stereocenters. The minimum absolute atomic E-state index is 0.0203. The SMILES string of the molecule is CC(C)C1C(=O)Nc2ccc(N3CCN(Cc4ccccc4)CC3)cc2-c2nc3cc(C(=O)N(C)C4CCN(C)CC4)ccc3n21. The first kappa shape index (κ1) is 30.4. The maximum Gasteiger partial charge on any atom is 0.253 e. The Labute approximate surface area is 271 Å². The minimum Gasteiger partial charge on any atom is -0.369 e. The molecule has 2 fully saturated rings. The van der Waals surface area contributed by atoms with Crippen molar-refractivity contribution in [2.24, 2.45) is 5.92 Å². The van der Waals surface area contributed by atoms with Gasteiger partial charge in [-0.3, -0.25) is 14.5 Å². The van der Waals surface area contributed by atoms with Crippen LogP contribution in [0.5, 0.6) is 0 Å². The molecule has 9 nitrogen and oxygen atoms in total. The standard InChI is InChI=1S/C37H45N7O2/c1-25(2)34-36(45)39-31-12-11-29(43-20-18-42(19-21-43)24-26-8-6-5-7-9-26)23-30(31)35-38-32-22-27(10-13-33(32)44(34)35)37(46)41(4)28-14-16-40(3)17-15-28/h5-13,22-23,25,28,34H,14-21,24H2,1-4H3,(H,39,45). The normalized spacial score (nSPS) is 19.5. The second kappa shape index (κ2) is 12.5. The highest BCUT2D eigenvalue weighted by Gasteiger charge is 2.34. The van der Waals surface area contributed by atoms with E-state index >= 15 is 0 Å². The van der Waals surface area contributed by atoms with Crippen LogP contribution in [0.3, 0.4) is 0 Å². The molecule has 2 amide bonds. The van der Waals surface area contributed by atoms with Crippen molar-refractivity contribution >= 4 is 34.2 Å². The smallest absolute Gasteiger partial charge is 0.253 e. The van der Waals surface area contributed by atoms with Gasteiger partial charge in [-0.2, -0.15) is 0 Å². The zero-order valence-corrected chi connectivity index (χ0v) is 27.4. The van der Waals surface area contributed by atoms with Crippen LogP contribution in [0.4, 0.5) is 11.4 Å². The van der Waals surface area contributed by atoms with Crippen LogP contribution in [0.1, 0.15) is 48.7 Å². The van der Waals surface area contributed by atoms with Crippen molar-refractivity contribution in [1.29, 1.82) is 0 Å². The highest BCUT2D eigenvalue weighted by molar-refractivity contribution is 6.03. The highest BCUT2D eigenvalue weighted by Crippen LogP contribution is 2.41. The maximum atomic E-state index is 13.7. The first-order valence-electron chi connectivity index (χ1n) is 16.7. The number of nitrogens with zero attached hydrogens (tertiary/aromatic N) is 6. The Morgan fingerprint density at radius 1 is 0.957 bits per heavy atom. The Kier molecular flexibility index (Phi) is 8.29. The van der Waals surface area contributed by atoms with Crippen molar-refractivity contribution in [2.45, 2.75) is 45.3 Å².